The van der Waals surface area contributed by atoms with E-state index in [4.69, 9.17) is 0 Å². The summed E-state index contributed by atoms with van der Waals surface area (Å²) in [5.41, 5.74) is 5.30. The Morgan fingerprint density at radius 1 is 0.857 bits per heavy atom. The summed E-state index contributed by atoms with van der Waals surface area (Å²) >= 11 is 1.45. The number of rotatable bonds is 4. The lowest BCUT2D eigenvalue weighted by molar-refractivity contribution is -0.120. The highest BCUT2D eigenvalue weighted by atomic mass is 32.1. The van der Waals surface area contributed by atoms with Gasteiger partial charge in [0.25, 0.3) is 11.8 Å². The van der Waals surface area contributed by atoms with Gasteiger partial charge in [-0.3, -0.25) is 9.59 Å². The fraction of sp³-hybridized carbons (Fsp3) is 0.130. The zero-order valence-corrected chi connectivity index (χ0v) is 16.8. The number of imide groups is 1. The summed E-state index contributed by atoms with van der Waals surface area (Å²) in [6.07, 6.45) is 0. The molecule has 0 atom stereocenters. The second kappa shape index (κ2) is 7.09. The number of hydrogen-bond donors (Lipinski definition) is 1. The molecule has 2 heterocycles. The first kappa shape index (κ1) is 18.2. The van der Waals surface area contributed by atoms with Gasteiger partial charge in [-0.25, -0.2) is 4.90 Å². The van der Waals surface area contributed by atoms with Crippen molar-refractivity contribution in [3.63, 3.8) is 0 Å². The second-order valence-electron chi connectivity index (χ2n) is 6.96. The lowest BCUT2D eigenvalue weighted by atomic mass is 10.1. The minimum atomic E-state index is -0.334. The third-order valence-corrected chi connectivity index (χ3v) is 5.64. The first-order valence-electron chi connectivity index (χ1n) is 9.03. The molecule has 4 rings (SSSR count). The van der Waals surface area contributed by atoms with Gasteiger partial charge in [-0.15, -0.1) is 11.3 Å². The van der Waals surface area contributed by atoms with Crippen molar-refractivity contribution in [2.24, 2.45) is 0 Å². The Balaban J connectivity index is 1.82. The van der Waals surface area contributed by atoms with Crippen molar-refractivity contribution in [3.8, 4) is 0 Å². The van der Waals surface area contributed by atoms with Gasteiger partial charge < -0.3 is 5.32 Å². The van der Waals surface area contributed by atoms with Gasteiger partial charge in [-0.1, -0.05) is 35.9 Å². The number of aryl methyl sites for hydroxylation is 3. The summed E-state index contributed by atoms with van der Waals surface area (Å²) in [6.45, 7) is 5.95. The van der Waals surface area contributed by atoms with Crippen LogP contribution in [0.3, 0.4) is 0 Å². The number of thiophene rings is 1. The van der Waals surface area contributed by atoms with Crippen LogP contribution in [-0.2, 0) is 9.59 Å². The van der Waals surface area contributed by atoms with Gasteiger partial charge in [0.1, 0.15) is 5.70 Å². The van der Waals surface area contributed by atoms with Crippen molar-refractivity contribution in [3.05, 3.63) is 87.2 Å². The van der Waals surface area contributed by atoms with Crippen LogP contribution in [0.1, 0.15) is 21.6 Å². The standard InChI is InChI=1S/C23H20N2O2S/c1-14-6-4-7-17(13-14)25-22(26)20(19-8-5-11-28-19)21(23(25)27)24-18-10-9-15(2)12-16(18)3/h4-13,24H,1-3H3. The molecule has 1 aliphatic heterocycles. The third kappa shape index (κ3) is 3.14. The molecule has 0 fully saturated rings. The number of nitrogens with zero attached hydrogens (tertiary/aromatic N) is 1. The lowest BCUT2D eigenvalue weighted by Crippen LogP contribution is -2.32. The fourth-order valence-electron chi connectivity index (χ4n) is 3.39. The first-order valence-corrected chi connectivity index (χ1v) is 9.91. The van der Waals surface area contributed by atoms with Crippen molar-refractivity contribution in [2.75, 3.05) is 10.2 Å². The van der Waals surface area contributed by atoms with Gasteiger partial charge in [-0.2, -0.15) is 0 Å². The Morgan fingerprint density at radius 2 is 1.64 bits per heavy atom. The molecule has 0 spiro atoms. The van der Waals surface area contributed by atoms with Crippen LogP contribution < -0.4 is 10.2 Å². The van der Waals surface area contributed by atoms with E-state index in [0.29, 0.717) is 17.0 Å². The minimum Gasteiger partial charge on any atom is -0.350 e. The zero-order valence-electron chi connectivity index (χ0n) is 15.9. The van der Waals surface area contributed by atoms with E-state index >= 15 is 0 Å². The molecular formula is C23H20N2O2S. The summed E-state index contributed by atoms with van der Waals surface area (Å²) in [7, 11) is 0. The molecule has 5 heteroatoms. The Kier molecular flexibility index (Phi) is 4.61. The second-order valence-corrected chi connectivity index (χ2v) is 7.90. The average molecular weight is 388 g/mol. The molecule has 1 N–H and O–H groups in total. The quantitative estimate of drug-likeness (QED) is 0.635. The predicted molar refractivity (Wildman–Crippen MR) is 114 cm³/mol. The molecule has 0 bridgehead atoms. The van der Waals surface area contributed by atoms with Gasteiger partial charge in [-0.05, 0) is 61.5 Å². The van der Waals surface area contributed by atoms with E-state index < -0.39 is 0 Å². The van der Waals surface area contributed by atoms with Crippen LogP contribution in [0.5, 0.6) is 0 Å². The predicted octanol–water partition coefficient (Wildman–Crippen LogP) is 5.07. The Bertz CT molecular complexity index is 1110. The maximum absolute atomic E-state index is 13.3. The van der Waals surface area contributed by atoms with Crippen LogP contribution in [0.15, 0.2) is 65.7 Å². The normalized spacial score (nSPS) is 14.2. The maximum Gasteiger partial charge on any atom is 0.282 e. The molecule has 1 aliphatic rings. The van der Waals surface area contributed by atoms with Crippen LogP contribution in [0.4, 0.5) is 11.4 Å². The maximum atomic E-state index is 13.3. The highest BCUT2D eigenvalue weighted by molar-refractivity contribution is 7.11. The van der Waals surface area contributed by atoms with Crippen molar-refractivity contribution in [1.29, 1.82) is 0 Å². The number of anilines is 2. The molecule has 0 aliphatic carbocycles. The van der Waals surface area contributed by atoms with E-state index in [1.165, 1.54) is 16.2 Å². The molecule has 140 valence electrons. The van der Waals surface area contributed by atoms with E-state index in [2.05, 4.69) is 5.32 Å². The lowest BCUT2D eigenvalue weighted by Gasteiger charge is -2.16. The van der Waals surface area contributed by atoms with E-state index in [1.54, 1.807) is 6.07 Å². The number of hydrogen-bond acceptors (Lipinski definition) is 4. The van der Waals surface area contributed by atoms with Crippen molar-refractivity contribution < 1.29 is 9.59 Å². The highest BCUT2D eigenvalue weighted by Gasteiger charge is 2.40. The Morgan fingerprint density at radius 3 is 2.32 bits per heavy atom. The van der Waals surface area contributed by atoms with Gasteiger partial charge in [0.2, 0.25) is 0 Å². The van der Waals surface area contributed by atoms with Crippen LogP contribution >= 0.6 is 11.3 Å². The van der Waals surface area contributed by atoms with E-state index in [1.807, 2.05) is 74.7 Å². The molecule has 2 amide bonds. The van der Waals surface area contributed by atoms with Crippen LogP contribution in [0.2, 0.25) is 0 Å². The number of benzene rings is 2. The largest absolute Gasteiger partial charge is 0.350 e. The summed E-state index contributed by atoms with van der Waals surface area (Å²) in [4.78, 5) is 28.6. The fourth-order valence-corrected chi connectivity index (χ4v) is 4.15. The van der Waals surface area contributed by atoms with Crippen molar-refractivity contribution >= 4 is 40.1 Å². The summed E-state index contributed by atoms with van der Waals surface area (Å²) in [5, 5.41) is 5.15. The number of carbonyl (C=O) groups is 2. The SMILES string of the molecule is Cc1cccc(N2C(=O)C(Nc3ccc(C)cc3C)=C(c3cccs3)C2=O)c1. The summed E-state index contributed by atoms with van der Waals surface area (Å²) < 4.78 is 0. The molecule has 28 heavy (non-hydrogen) atoms. The molecule has 0 saturated carbocycles. The van der Waals surface area contributed by atoms with E-state index in [-0.39, 0.29) is 11.8 Å². The van der Waals surface area contributed by atoms with Gasteiger partial charge in [0.15, 0.2) is 0 Å². The van der Waals surface area contributed by atoms with E-state index in [0.717, 1.165) is 27.3 Å². The molecule has 0 saturated heterocycles. The van der Waals surface area contributed by atoms with Crippen molar-refractivity contribution in [2.45, 2.75) is 20.8 Å². The van der Waals surface area contributed by atoms with Gasteiger partial charge in [0, 0.05) is 10.6 Å². The molecule has 0 radical (unpaired) electrons. The van der Waals surface area contributed by atoms with Gasteiger partial charge in [0.05, 0.1) is 11.3 Å². The molecule has 0 unspecified atom stereocenters. The average Bonchev–Trinajstić information content (AvgIpc) is 3.24. The molecule has 2 aromatic carbocycles. The van der Waals surface area contributed by atoms with E-state index in [9.17, 15) is 9.59 Å². The minimum absolute atomic E-state index is 0.301. The molecule has 1 aromatic heterocycles. The zero-order chi connectivity index (χ0) is 19.8. The van der Waals surface area contributed by atoms with Gasteiger partial charge >= 0.3 is 0 Å². The van der Waals surface area contributed by atoms with Crippen LogP contribution in [0.25, 0.3) is 5.57 Å². The monoisotopic (exact) mass is 388 g/mol. The highest BCUT2D eigenvalue weighted by Crippen LogP contribution is 2.36. The smallest absolute Gasteiger partial charge is 0.282 e. The van der Waals surface area contributed by atoms with Crippen LogP contribution in [-0.4, -0.2) is 11.8 Å². The number of carbonyl (C=O) groups excluding carboxylic acids is 2. The first-order chi connectivity index (χ1) is 13.5. The molecule has 3 aromatic rings. The van der Waals surface area contributed by atoms with Crippen LogP contribution in [0, 0.1) is 20.8 Å². The molecule has 4 nitrogen and oxygen atoms in total. The summed E-state index contributed by atoms with van der Waals surface area (Å²) in [6, 6.07) is 17.2. The number of nitrogens with one attached hydrogen (secondary N) is 1. The topological polar surface area (TPSA) is 49.4 Å². The Labute approximate surface area is 168 Å². The van der Waals surface area contributed by atoms with Crippen molar-refractivity contribution in [1.82, 2.24) is 0 Å². The molecular weight excluding hydrogens is 368 g/mol. The summed E-state index contributed by atoms with van der Waals surface area (Å²) in [5.74, 6) is -0.635. The Hall–Kier alpha value is -3.18. The third-order valence-electron chi connectivity index (χ3n) is 4.75. The number of amides is 2.